The van der Waals surface area contributed by atoms with Crippen molar-refractivity contribution in [3.05, 3.63) is 53.9 Å². The molecule has 0 fully saturated rings. The Labute approximate surface area is 109 Å². The van der Waals surface area contributed by atoms with Crippen molar-refractivity contribution in [3.8, 4) is 6.07 Å². The maximum atomic E-state index is 12.1. The smallest absolute Gasteiger partial charge is 0.307 e. The van der Waals surface area contributed by atoms with Gasteiger partial charge >= 0.3 is 6.03 Å². The van der Waals surface area contributed by atoms with Gasteiger partial charge in [0, 0.05) is 18.9 Å². The number of rotatable bonds is 1. The number of carbonyl (C=O) groups is 1. The van der Waals surface area contributed by atoms with E-state index in [0.717, 1.165) is 0 Å². The predicted octanol–water partition coefficient (Wildman–Crippen LogP) is 1.37. The third-order valence-electron chi connectivity index (χ3n) is 2.38. The van der Waals surface area contributed by atoms with Gasteiger partial charge < -0.3 is 5.32 Å². The van der Waals surface area contributed by atoms with Gasteiger partial charge in [-0.2, -0.15) is 5.26 Å². The van der Waals surface area contributed by atoms with Gasteiger partial charge in [-0.1, -0.05) is 18.2 Å². The van der Waals surface area contributed by atoms with Crippen molar-refractivity contribution in [1.82, 2.24) is 9.55 Å². The lowest BCUT2D eigenvalue weighted by Crippen LogP contribution is -2.33. The first-order chi connectivity index (χ1) is 9.24. The fraction of sp³-hybridized carbons (Fsp3) is 0.0769. The SMILES string of the molecule is CN=c1ncc(C#N)cn1C(=O)Nc1ccccc1. The quantitative estimate of drug-likeness (QED) is 0.833. The summed E-state index contributed by atoms with van der Waals surface area (Å²) in [6.45, 7) is 0. The minimum Gasteiger partial charge on any atom is -0.307 e. The Balaban J connectivity index is 2.36. The van der Waals surface area contributed by atoms with Crippen molar-refractivity contribution in [2.24, 2.45) is 4.99 Å². The number of para-hydroxylation sites is 1. The molecule has 1 aromatic heterocycles. The average Bonchev–Trinajstić information content (AvgIpc) is 2.47. The molecule has 6 nitrogen and oxygen atoms in total. The van der Waals surface area contributed by atoms with Gasteiger partial charge in [-0.05, 0) is 12.1 Å². The Morgan fingerprint density at radius 1 is 1.42 bits per heavy atom. The molecule has 0 bridgehead atoms. The van der Waals surface area contributed by atoms with Crippen molar-refractivity contribution in [3.63, 3.8) is 0 Å². The van der Waals surface area contributed by atoms with Crippen LogP contribution >= 0.6 is 0 Å². The van der Waals surface area contributed by atoms with Crippen molar-refractivity contribution >= 4 is 11.7 Å². The lowest BCUT2D eigenvalue weighted by atomic mass is 10.3. The highest BCUT2D eigenvalue weighted by atomic mass is 16.2. The topological polar surface area (TPSA) is 83.1 Å². The van der Waals surface area contributed by atoms with Crippen LogP contribution in [0.15, 0.2) is 47.7 Å². The molecular formula is C13H11N5O. The lowest BCUT2D eigenvalue weighted by Gasteiger charge is -2.07. The molecule has 0 spiro atoms. The summed E-state index contributed by atoms with van der Waals surface area (Å²) in [5.74, 6) is 0. The van der Waals surface area contributed by atoms with Crippen LogP contribution in [-0.2, 0) is 0 Å². The Hall–Kier alpha value is -2.94. The zero-order valence-corrected chi connectivity index (χ0v) is 10.2. The summed E-state index contributed by atoms with van der Waals surface area (Å²) in [6, 6.07) is 10.5. The molecule has 0 atom stereocenters. The van der Waals surface area contributed by atoms with Crippen LogP contribution in [0.3, 0.4) is 0 Å². The van der Waals surface area contributed by atoms with Gasteiger partial charge in [0.15, 0.2) is 0 Å². The molecular weight excluding hydrogens is 242 g/mol. The summed E-state index contributed by atoms with van der Waals surface area (Å²) in [6.07, 6.45) is 2.77. The molecule has 0 aliphatic carbocycles. The first-order valence-corrected chi connectivity index (χ1v) is 5.52. The second-order valence-corrected chi connectivity index (χ2v) is 3.64. The molecule has 0 saturated carbocycles. The van der Waals surface area contributed by atoms with E-state index in [-0.39, 0.29) is 11.2 Å². The summed E-state index contributed by atoms with van der Waals surface area (Å²) >= 11 is 0. The number of benzene rings is 1. The molecule has 6 heteroatoms. The zero-order valence-electron chi connectivity index (χ0n) is 10.2. The number of anilines is 1. The highest BCUT2D eigenvalue weighted by Gasteiger charge is 2.07. The van der Waals surface area contributed by atoms with E-state index < -0.39 is 6.03 Å². The maximum Gasteiger partial charge on any atom is 0.332 e. The minimum atomic E-state index is -0.420. The van der Waals surface area contributed by atoms with Gasteiger partial charge in [0.25, 0.3) is 0 Å². The Morgan fingerprint density at radius 2 is 2.16 bits per heavy atom. The Morgan fingerprint density at radius 3 is 2.79 bits per heavy atom. The molecule has 0 aliphatic heterocycles. The summed E-state index contributed by atoms with van der Waals surface area (Å²) < 4.78 is 1.20. The molecule has 0 unspecified atom stereocenters. The highest BCUT2D eigenvalue weighted by Crippen LogP contribution is 2.05. The molecule has 0 saturated heterocycles. The molecule has 1 aromatic carbocycles. The van der Waals surface area contributed by atoms with E-state index in [2.05, 4.69) is 15.3 Å². The van der Waals surface area contributed by atoms with Crippen molar-refractivity contribution in [1.29, 1.82) is 5.26 Å². The number of hydrogen-bond acceptors (Lipinski definition) is 4. The molecule has 1 heterocycles. The van der Waals surface area contributed by atoms with Gasteiger partial charge in [-0.15, -0.1) is 0 Å². The Bertz CT molecular complexity index is 697. The summed E-state index contributed by atoms with van der Waals surface area (Å²) in [5.41, 5.74) is 1.17. The second kappa shape index (κ2) is 5.60. The summed E-state index contributed by atoms with van der Waals surface area (Å²) in [7, 11) is 1.53. The second-order valence-electron chi connectivity index (χ2n) is 3.64. The van der Waals surface area contributed by atoms with E-state index in [1.165, 1.54) is 24.0 Å². The third-order valence-corrected chi connectivity index (χ3v) is 2.38. The van der Waals surface area contributed by atoms with Gasteiger partial charge in [0.05, 0.1) is 11.8 Å². The first kappa shape index (κ1) is 12.5. The van der Waals surface area contributed by atoms with Crippen molar-refractivity contribution < 1.29 is 4.79 Å². The van der Waals surface area contributed by atoms with E-state index in [1.54, 1.807) is 12.1 Å². The van der Waals surface area contributed by atoms with Crippen molar-refractivity contribution in [2.45, 2.75) is 0 Å². The molecule has 0 radical (unpaired) electrons. The van der Waals surface area contributed by atoms with Gasteiger partial charge in [-0.3, -0.25) is 4.99 Å². The van der Waals surface area contributed by atoms with Crippen LogP contribution in [0.2, 0.25) is 0 Å². The third kappa shape index (κ3) is 2.84. The van der Waals surface area contributed by atoms with Crippen LogP contribution in [0, 0.1) is 11.3 Å². The van der Waals surface area contributed by atoms with E-state index in [1.807, 2.05) is 24.3 Å². The number of aromatic nitrogens is 2. The molecule has 1 amide bonds. The zero-order chi connectivity index (χ0) is 13.7. The van der Waals surface area contributed by atoms with Gasteiger partial charge in [-0.25, -0.2) is 14.3 Å². The van der Waals surface area contributed by atoms with Crippen LogP contribution in [0.5, 0.6) is 0 Å². The van der Waals surface area contributed by atoms with E-state index in [9.17, 15) is 4.79 Å². The average molecular weight is 253 g/mol. The van der Waals surface area contributed by atoms with Crippen LogP contribution in [0.1, 0.15) is 5.56 Å². The largest absolute Gasteiger partial charge is 0.332 e. The number of carbonyl (C=O) groups excluding carboxylic acids is 1. The van der Waals surface area contributed by atoms with E-state index in [0.29, 0.717) is 5.69 Å². The monoisotopic (exact) mass is 253 g/mol. The molecule has 2 rings (SSSR count). The Kier molecular flexibility index (Phi) is 3.69. The molecule has 1 N–H and O–H groups in total. The lowest BCUT2D eigenvalue weighted by molar-refractivity contribution is 0.252. The van der Waals surface area contributed by atoms with Crippen LogP contribution in [0.4, 0.5) is 10.5 Å². The van der Waals surface area contributed by atoms with Gasteiger partial charge in [0.2, 0.25) is 5.62 Å². The number of nitrogens with zero attached hydrogens (tertiary/aromatic N) is 4. The van der Waals surface area contributed by atoms with Crippen LogP contribution < -0.4 is 10.9 Å². The molecule has 0 aliphatic rings. The number of amides is 1. The minimum absolute atomic E-state index is 0.229. The standard InChI is InChI=1S/C13H11N5O/c1-15-12-16-8-10(7-14)9-18(12)13(19)17-11-5-3-2-4-6-11/h2-6,8-9H,1H3,(H,17,19). The van der Waals surface area contributed by atoms with Crippen molar-refractivity contribution in [2.75, 3.05) is 12.4 Å². The van der Waals surface area contributed by atoms with Crippen LogP contribution in [-0.4, -0.2) is 22.6 Å². The molecule has 19 heavy (non-hydrogen) atoms. The number of nitrogens with one attached hydrogen (secondary N) is 1. The highest BCUT2D eigenvalue weighted by molar-refractivity contribution is 5.90. The number of hydrogen-bond donors (Lipinski definition) is 1. The van der Waals surface area contributed by atoms with E-state index >= 15 is 0 Å². The van der Waals surface area contributed by atoms with E-state index in [4.69, 9.17) is 5.26 Å². The number of nitriles is 1. The fourth-order valence-corrected chi connectivity index (χ4v) is 1.50. The summed E-state index contributed by atoms with van der Waals surface area (Å²) in [4.78, 5) is 19.9. The first-order valence-electron chi connectivity index (χ1n) is 5.52. The molecule has 2 aromatic rings. The predicted molar refractivity (Wildman–Crippen MR) is 69.3 cm³/mol. The molecule has 94 valence electrons. The summed E-state index contributed by atoms with van der Waals surface area (Å²) in [5, 5.41) is 11.5. The normalized spacial score (nSPS) is 10.8. The maximum absolute atomic E-state index is 12.1. The van der Waals surface area contributed by atoms with Crippen LogP contribution in [0.25, 0.3) is 0 Å². The van der Waals surface area contributed by atoms with Gasteiger partial charge in [0.1, 0.15) is 6.07 Å². The fourth-order valence-electron chi connectivity index (χ4n) is 1.50.